The lowest BCUT2D eigenvalue weighted by Gasteiger charge is -2.05. The van der Waals surface area contributed by atoms with Gasteiger partial charge in [-0.3, -0.25) is 4.79 Å². The van der Waals surface area contributed by atoms with E-state index in [1.54, 1.807) is 7.11 Å². The Hall–Kier alpha value is -0.650. The number of carbonyl (C=O) groups is 1. The monoisotopic (exact) mass is 352 g/mol. The first-order chi connectivity index (χ1) is 11.8. The number of carbonyl (C=O) groups excluding carboxylic acids is 1. The maximum atomic E-state index is 11.2. The molecule has 5 heteroatoms. The predicted octanol–water partition coefficient (Wildman–Crippen LogP) is 4.26. The Balaban J connectivity index is -0.000000130. The Morgan fingerprint density at radius 3 is 1.75 bits per heavy atom. The van der Waals surface area contributed by atoms with Crippen LogP contribution in [0.4, 0.5) is 0 Å². The van der Waals surface area contributed by atoms with Gasteiger partial charge >= 0.3 is 0 Å². The van der Waals surface area contributed by atoms with Crippen molar-refractivity contribution in [1.29, 1.82) is 0 Å². The highest BCUT2D eigenvalue weighted by Gasteiger charge is 1.99. The van der Waals surface area contributed by atoms with Crippen LogP contribution in [0, 0.1) is 0 Å². The summed E-state index contributed by atoms with van der Waals surface area (Å²) in [5.41, 5.74) is 0. The molecule has 2 N–H and O–H groups in total. The Morgan fingerprint density at radius 2 is 1.29 bits per heavy atom. The number of rotatable bonds is 11. The molecule has 0 aromatic carbocycles. The van der Waals surface area contributed by atoms with Crippen LogP contribution in [0.5, 0.6) is 0 Å². The van der Waals surface area contributed by atoms with Crippen LogP contribution in [0.25, 0.3) is 0 Å². The van der Waals surface area contributed by atoms with E-state index in [1.807, 2.05) is 62.4 Å². The molecular weight excluding hydrogens is 304 g/mol. The van der Waals surface area contributed by atoms with Gasteiger partial charge in [-0.05, 0) is 19.9 Å². The zero-order valence-electron chi connectivity index (χ0n) is 18.4. The average Bonchev–Trinajstić information content (AvgIpc) is 2.68. The van der Waals surface area contributed by atoms with Crippen molar-refractivity contribution in [2.24, 2.45) is 0 Å². The molecule has 0 rings (SSSR count). The Morgan fingerprint density at radius 1 is 0.792 bits per heavy atom. The molecule has 5 nitrogen and oxygen atoms in total. The van der Waals surface area contributed by atoms with Crippen molar-refractivity contribution in [3.63, 3.8) is 0 Å². The minimum Gasteiger partial charge on any atom is -0.385 e. The number of nitrogens with one attached hydrogen (secondary N) is 2. The summed E-state index contributed by atoms with van der Waals surface area (Å²) in [7, 11) is 3.55. The van der Waals surface area contributed by atoms with E-state index >= 15 is 0 Å². The predicted molar refractivity (Wildman–Crippen MR) is 109 cm³/mol. The Kier molecular flexibility index (Phi) is 71.4. The normalized spacial score (nSPS) is 7.92. The van der Waals surface area contributed by atoms with E-state index in [0.29, 0.717) is 26.2 Å². The lowest BCUT2D eigenvalue weighted by atomic mass is 10.3. The third-order valence-corrected chi connectivity index (χ3v) is 2.06. The van der Waals surface area contributed by atoms with E-state index in [2.05, 4.69) is 10.6 Å². The second-order valence-corrected chi connectivity index (χ2v) is 3.52. The highest BCUT2D eigenvalue weighted by molar-refractivity contribution is 5.75. The fourth-order valence-electron chi connectivity index (χ4n) is 1.13. The number of ether oxygens (including phenoxy) is 2. The number of likely N-dealkylation sites (N-methyl/N-ethyl adjacent to an activating group) is 1. The third-order valence-electron chi connectivity index (χ3n) is 2.06. The van der Waals surface area contributed by atoms with E-state index in [-0.39, 0.29) is 5.91 Å². The van der Waals surface area contributed by atoms with E-state index < -0.39 is 0 Å². The van der Waals surface area contributed by atoms with Gasteiger partial charge in [-0.1, -0.05) is 55.4 Å². The molecule has 1 amide bonds. The van der Waals surface area contributed by atoms with Gasteiger partial charge in [0.25, 0.3) is 0 Å². The van der Waals surface area contributed by atoms with Crippen molar-refractivity contribution in [1.82, 2.24) is 10.6 Å². The van der Waals surface area contributed by atoms with Crippen molar-refractivity contribution in [2.45, 2.75) is 74.7 Å². The summed E-state index contributed by atoms with van der Waals surface area (Å²) in [5.74, 6) is 0.0483. The molecule has 0 saturated carbocycles. The molecule has 0 heterocycles. The van der Waals surface area contributed by atoms with Gasteiger partial charge in [0.05, 0.1) is 6.61 Å². The highest BCUT2D eigenvalue weighted by Crippen LogP contribution is 1.91. The summed E-state index contributed by atoms with van der Waals surface area (Å²) < 4.78 is 10.2. The maximum Gasteiger partial charge on any atom is 0.222 e. The van der Waals surface area contributed by atoms with Crippen LogP contribution in [-0.4, -0.2) is 53.0 Å². The van der Waals surface area contributed by atoms with E-state index in [4.69, 9.17) is 9.47 Å². The lowest BCUT2D eigenvalue weighted by Crippen LogP contribution is -2.30. The molecule has 0 spiro atoms. The molecule has 0 aliphatic rings. The molecule has 0 radical (unpaired) electrons. The van der Waals surface area contributed by atoms with Crippen molar-refractivity contribution in [3.05, 3.63) is 0 Å². The van der Waals surface area contributed by atoms with Gasteiger partial charge in [0.2, 0.25) is 5.91 Å². The summed E-state index contributed by atoms with van der Waals surface area (Å²) in [4.78, 5) is 11.2. The molecule has 0 atom stereocenters. The van der Waals surface area contributed by atoms with Crippen LogP contribution < -0.4 is 10.6 Å². The van der Waals surface area contributed by atoms with Gasteiger partial charge in [0, 0.05) is 39.8 Å². The summed E-state index contributed by atoms with van der Waals surface area (Å²) in [6.07, 6.45) is 2.42. The zero-order valence-corrected chi connectivity index (χ0v) is 18.4. The smallest absolute Gasteiger partial charge is 0.222 e. The van der Waals surface area contributed by atoms with Crippen LogP contribution in [-0.2, 0) is 14.3 Å². The molecule has 0 fully saturated rings. The van der Waals surface area contributed by atoms with Gasteiger partial charge in [-0.25, -0.2) is 0 Å². The van der Waals surface area contributed by atoms with E-state index in [0.717, 1.165) is 26.0 Å². The SMILES string of the molecule is CC.CC.CC.CC.CNCCNC(=O)CCOCCCCOC. The van der Waals surface area contributed by atoms with Gasteiger partial charge < -0.3 is 20.1 Å². The van der Waals surface area contributed by atoms with Gasteiger partial charge in [-0.15, -0.1) is 0 Å². The third kappa shape index (κ3) is 49.6. The fraction of sp³-hybridized carbons (Fsp3) is 0.947. The fourth-order valence-corrected chi connectivity index (χ4v) is 1.13. The number of methoxy groups -OCH3 is 1. The molecule has 0 aliphatic carbocycles. The molecule has 0 aromatic rings. The zero-order chi connectivity index (χ0) is 20.1. The number of hydrogen-bond donors (Lipinski definition) is 2. The first kappa shape index (κ1) is 34.6. The summed E-state index contributed by atoms with van der Waals surface area (Å²) in [6, 6.07) is 0. The molecule has 152 valence electrons. The van der Waals surface area contributed by atoms with Crippen LogP contribution >= 0.6 is 0 Å². The largest absolute Gasteiger partial charge is 0.385 e. The minimum atomic E-state index is 0.0483. The van der Waals surface area contributed by atoms with E-state index in [1.165, 1.54) is 0 Å². The van der Waals surface area contributed by atoms with Gasteiger partial charge in [0.15, 0.2) is 0 Å². The molecule has 0 unspecified atom stereocenters. The Labute approximate surface area is 153 Å². The molecule has 0 saturated heterocycles. The van der Waals surface area contributed by atoms with Crippen molar-refractivity contribution in [3.8, 4) is 0 Å². The number of hydrogen-bond acceptors (Lipinski definition) is 4. The maximum absolute atomic E-state index is 11.2. The van der Waals surface area contributed by atoms with Crippen LogP contribution in [0.1, 0.15) is 74.7 Å². The molecule has 0 bridgehead atoms. The van der Waals surface area contributed by atoms with Crippen LogP contribution in [0.2, 0.25) is 0 Å². The Bertz CT molecular complexity index is 169. The first-order valence-electron chi connectivity index (χ1n) is 9.79. The molecular formula is C19H48N2O3. The topological polar surface area (TPSA) is 59.6 Å². The second-order valence-electron chi connectivity index (χ2n) is 3.52. The molecule has 0 aliphatic heterocycles. The standard InChI is InChI=1S/C11H24N2O3.4C2H6/c1-12-6-7-13-11(14)5-10-16-9-4-3-8-15-2;4*1-2/h12H,3-10H2,1-2H3,(H,13,14);4*1-2H3. The number of amides is 1. The van der Waals surface area contributed by atoms with Crippen molar-refractivity contribution >= 4 is 5.91 Å². The molecule has 0 aromatic heterocycles. The summed E-state index contributed by atoms with van der Waals surface area (Å²) in [6.45, 7) is 19.4. The van der Waals surface area contributed by atoms with Crippen LogP contribution in [0.15, 0.2) is 0 Å². The second kappa shape index (κ2) is 49.5. The quantitative estimate of drug-likeness (QED) is 0.545. The molecule has 24 heavy (non-hydrogen) atoms. The van der Waals surface area contributed by atoms with Gasteiger partial charge in [0.1, 0.15) is 0 Å². The first-order valence-corrected chi connectivity index (χ1v) is 9.79. The van der Waals surface area contributed by atoms with Crippen molar-refractivity contribution < 1.29 is 14.3 Å². The van der Waals surface area contributed by atoms with Gasteiger partial charge in [-0.2, -0.15) is 0 Å². The van der Waals surface area contributed by atoms with Crippen LogP contribution in [0.3, 0.4) is 0 Å². The van der Waals surface area contributed by atoms with Crippen molar-refractivity contribution in [2.75, 3.05) is 47.1 Å². The summed E-state index contributed by atoms with van der Waals surface area (Å²) in [5, 5.41) is 5.75. The minimum absolute atomic E-state index is 0.0483. The summed E-state index contributed by atoms with van der Waals surface area (Å²) >= 11 is 0. The lowest BCUT2D eigenvalue weighted by molar-refractivity contribution is -0.122. The average molecular weight is 353 g/mol. The van der Waals surface area contributed by atoms with E-state index in [9.17, 15) is 4.79 Å². The highest BCUT2D eigenvalue weighted by atomic mass is 16.5. The number of unbranched alkanes of at least 4 members (excludes halogenated alkanes) is 1.